The Morgan fingerprint density at radius 2 is 1.89 bits per heavy atom. The lowest BCUT2D eigenvalue weighted by atomic mass is 9.85. The number of fused-ring (bicyclic) bond motifs is 5. The number of hydrogen-bond donors (Lipinski definition) is 3. The van der Waals surface area contributed by atoms with Crippen LogP contribution in [-0.4, -0.2) is 159 Å². The number of aliphatic hydroxyl groups is 1. The van der Waals surface area contributed by atoms with Gasteiger partial charge in [-0.25, -0.2) is 9.59 Å². The SMILES string of the molecule is CCSC(=S)SC(C)(C#N)CCC(=O)NCCN1C(=O)CC(SCCC(=O)N(C)C(C)C(=O)OC2CC(=O)N(C)c3cc(cc(OC)c3Cl)C/C(C)=C/C=C/CC3CC(OC(=O)N3)C(C)C3OC23C)C1=O.CO. The highest BCUT2D eigenvalue weighted by Crippen LogP contribution is 2.49. The van der Waals surface area contributed by atoms with E-state index in [0.29, 0.717) is 34.2 Å². The largest absolute Gasteiger partial charge is 0.495 e. The maximum Gasteiger partial charge on any atom is 0.407 e. The molecule has 3 N–H and O–H groups in total. The smallest absolute Gasteiger partial charge is 0.407 e. The number of esters is 1. The number of nitriles is 1. The quantitative estimate of drug-likeness (QED) is 0.0705. The number of amides is 6. The van der Waals surface area contributed by atoms with Crippen molar-refractivity contribution in [2.75, 3.05) is 57.8 Å². The third-order valence-electron chi connectivity index (χ3n) is 13.2. The predicted molar refractivity (Wildman–Crippen MR) is 289 cm³/mol. The van der Waals surface area contributed by atoms with Crippen molar-refractivity contribution in [1.29, 1.82) is 5.26 Å². The molecule has 73 heavy (non-hydrogen) atoms. The van der Waals surface area contributed by atoms with Gasteiger partial charge in [-0.2, -0.15) is 5.26 Å². The zero-order chi connectivity index (χ0) is 54.4. The molecule has 0 saturated carbocycles. The van der Waals surface area contributed by atoms with Gasteiger partial charge in [-0.15, -0.1) is 23.5 Å². The molecule has 9 unspecified atom stereocenters. The third kappa shape index (κ3) is 16.6. The van der Waals surface area contributed by atoms with E-state index in [2.05, 4.69) is 16.7 Å². The van der Waals surface area contributed by atoms with E-state index in [0.717, 1.165) is 40.7 Å². The van der Waals surface area contributed by atoms with Gasteiger partial charge in [0.2, 0.25) is 29.5 Å². The summed E-state index contributed by atoms with van der Waals surface area (Å²) in [5.74, 6) is -1.80. The van der Waals surface area contributed by atoms with E-state index in [4.69, 9.17) is 47.9 Å². The number of likely N-dealkylation sites (tertiary alicyclic amines) is 1. The van der Waals surface area contributed by atoms with Crippen molar-refractivity contribution in [3.63, 3.8) is 0 Å². The molecule has 23 heteroatoms. The van der Waals surface area contributed by atoms with Gasteiger partial charge in [0.1, 0.15) is 42.9 Å². The minimum Gasteiger partial charge on any atom is -0.495 e. The number of ether oxygens (including phenoxy) is 4. The van der Waals surface area contributed by atoms with Crippen LogP contribution in [0.2, 0.25) is 5.02 Å². The second-order valence-electron chi connectivity index (χ2n) is 18.5. The number of hydrogen-bond acceptors (Lipinski definition) is 17. The summed E-state index contributed by atoms with van der Waals surface area (Å²) in [6.07, 6.45) is 4.60. The number of allylic oxidation sites excluding steroid dienone is 3. The Balaban J connectivity index is 0.00000570. The number of carbonyl (C=O) groups excluding carboxylic acids is 7. The molecule has 3 saturated heterocycles. The van der Waals surface area contributed by atoms with Crippen LogP contribution in [0.1, 0.15) is 92.1 Å². The maximum absolute atomic E-state index is 14.3. The number of rotatable bonds is 16. The van der Waals surface area contributed by atoms with Gasteiger partial charge in [0.25, 0.3) is 0 Å². The predicted octanol–water partition coefficient (Wildman–Crippen LogP) is 6.38. The first-order valence-electron chi connectivity index (χ1n) is 24.0. The van der Waals surface area contributed by atoms with E-state index in [1.807, 2.05) is 51.1 Å². The Labute approximate surface area is 451 Å². The van der Waals surface area contributed by atoms with Crippen LogP contribution in [0, 0.1) is 17.2 Å². The monoisotopic (exact) mass is 1110 g/mol. The Morgan fingerprint density at radius 1 is 1.18 bits per heavy atom. The number of epoxide rings is 1. The van der Waals surface area contributed by atoms with Gasteiger partial charge in [0.05, 0.1) is 36.6 Å². The molecule has 0 aliphatic carbocycles. The van der Waals surface area contributed by atoms with Crippen LogP contribution in [0.5, 0.6) is 5.75 Å². The molecule has 0 aromatic heterocycles. The van der Waals surface area contributed by atoms with Crippen LogP contribution in [0.4, 0.5) is 10.5 Å². The fourth-order valence-corrected chi connectivity index (χ4v) is 12.9. The van der Waals surface area contributed by atoms with Crippen LogP contribution < -0.4 is 20.3 Å². The molecule has 4 aliphatic rings. The van der Waals surface area contributed by atoms with Crippen LogP contribution in [-0.2, 0) is 49.4 Å². The van der Waals surface area contributed by atoms with Gasteiger partial charge in [0, 0.05) is 77.7 Å². The number of alkyl carbamates (subject to hydrolysis) is 1. The average Bonchev–Trinajstić information content (AvgIpc) is 3.98. The van der Waals surface area contributed by atoms with Crippen molar-refractivity contribution in [1.82, 2.24) is 20.4 Å². The molecule has 0 spiro atoms. The minimum atomic E-state index is -1.18. The average molecular weight is 1110 g/mol. The molecule has 402 valence electrons. The standard InChI is InChI=1S/C49H65ClN6O11S4.CH4O/c1-10-69-47(68)71-48(5,27-51)17-15-38(57)52-18-19-56-41(60)25-36(44(56)61)70-20-16-39(58)54(7)30(4)45(62)66-37-26-40(59)55(8)33-22-31(23-35(64-9)42(33)50)21-28(2)13-11-12-14-32-24-34(65-46(63)53-32)29(3)43-49(37,6)67-43;1-2/h11-13,22-23,29-30,32,34,36-37,43H,10,14-21,24-26H2,1-9H3,(H,52,57)(H,53,63);2H,1H3/b12-11+,28-13+;. The Hall–Kier alpha value is -4.37. The van der Waals surface area contributed by atoms with Crippen molar-refractivity contribution in [2.24, 2.45) is 5.92 Å². The van der Waals surface area contributed by atoms with E-state index >= 15 is 0 Å². The van der Waals surface area contributed by atoms with Gasteiger partial charge in [-0.05, 0) is 70.4 Å². The molecule has 3 fully saturated rings. The van der Waals surface area contributed by atoms with Crippen LogP contribution >= 0.6 is 59.1 Å². The van der Waals surface area contributed by atoms with E-state index in [-0.39, 0.29) is 79.7 Å². The molecule has 5 rings (SSSR count). The van der Waals surface area contributed by atoms with Gasteiger partial charge in [-0.3, -0.25) is 28.9 Å². The van der Waals surface area contributed by atoms with Crippen molar-refractivity contribution in [3.8, 4) is 11.8 Å². The van der Waals surface area contributed by atoms with Crippen LogP contribution in [0.25, 0.3) is 0 Å². The molecule has 6 amide bonds. The molecular weight excluding hydrogens is 1040 g/mol. The summed E-state index contributed by atoms with van der Waals surface area (Å²) < 4.78 is 23.6. The fraction of sp³-hybridized carbons (Fsp3) is 0.620. The van der Waals surface area contributed by atoms with E-state index in [9.17, 15) is 38.8 Å². The lowest BCUT2D eigenvalue weighted by Crippen LogP contribution is -2.49. The van der Waals surface area contributed by atoms with Crippen molar-refractivity contribution in [2.45, 2.75) is 139 Å². The zero-order valence-electron chi connectivity index (χ0n) is 43.2. The van der Waals surface area contributed by atoms with Gasteiger partial charge >= 0.3 is 12.1 Å². The number of halogens is 1. The van der Waals surface area contributed by atoms with Crippen molar-refractivity contribution in [3.05, 3.63) is 46.5 Å². The number of thiocarbonyl (C=S) groups is 1. The third-order valence-corrected chi connectivity index (χ3v) is 17.4. The van der Waals surface area contributed by atoms with Gasteiger partial charge < -0.3 is 44.5 Å². The summed E-state index contributed by atoms with van der Waals surface area (Å²) in [6.45, 7) is 10.9. The molecule has 0 radical (unpaired) electrons. The number of benzene rings is 1. The summed E-state index contributed by atoms with van der Waals surface area (Å²) >= 11 is 16.0. The highest BCUT2D eigenvalue weighted by molar-refractivity contribution is 8.47. The first-order chi connectivity index (χ1) is 34.5. The zero-order valence-corrected chi connectivity index (χ0v) is 47.2. The summed E-state index contributed by atoms with van der Waals surface area (Å²) in [5, 5.41) is 21.8. The molecule has 4 heterocycles. The Morgan fingerprint density at radius 3 is 2.56 bits per heavy atom. The molecule has 9 atom stereocenters. The lowest BCUT2D eigenvalue weighted by molar-refractivity contribution is -0.162. The number of methoxy groups -OCH3 is 1. The number of carbonyl (C=O) groups is 7. The van der Waals surface area contributed by atoms with Crippen molar-refractivity contribution >= 4 is 110 Å². The normalized spacial score (nSPS) is 26.4. The summed E-state index contributed by atoms with van der Waals surface area (Å²) in [6, 6.07) is 4.56. The highest BCUT2D eigenvalue weighted by atomic mass is 35.5. The molecule has 1 aromatic carbocycles. The lowest BCUT2D eigenvalue weighted by Gasteiger charge is -2.33. The fourth-order valence-electron chi connectivity index (χ4n) is 8.61. The number of anilines is 1. The molecule has 1 aromatic rings. The summed E-state index contributed by atoms with van der Waals surface area (Å²) in [4.78, 5) is 97.0. The summed E-state index contributed by atoms with van der Waals surface area (Å²) in [7, 11) is 5.53. The van der Waals surface area contributed by atoms with E-state index < -0.39 is 69.7 Å². The molecule has 4 aliphatic heterocycles. The number of thioether (sulfide) groups is 3. The molecular formula is C50H69ClN6O12S4. The summed E-state index contributed by atoms with van der Waals surface area (Å²) in [5.41, 5.74) is 1.08. The first kappa shape index (κ1) is 61.2. The number of aliphatic hydroxyl groups excluding tert-OH is 1. The van der Waals surface area contributed by atoms with Crippen LogP contribution in [0.3, 0.4) is 0 Å². The van der Waals surface area contributed by atoms with E-state index in [1.54, 1.807) is 20.9 Å². The van der Waals surface area contributed by atoms with Gasteiger partial charge in [-0.1, -0.05) is 73.2 Å². The molecule has 18 nitrogen and oxygen atoms in total. The van der Waals surface area contributed by atoms with Crippen LogP contribution in [0.15, 0.2) is 35.9 Å². The second-order valence-corrected chi connectivity index (χ2v) is 24.2. The molecule has 4 bridgehead atoms. The van der Waals surface area contributed by atoms with Crippen molar-refractivity contribution < 1.29 is 57.6 Å². The first-order valence-corrected chi connectivity index (χ1v) is 27.7. The highest BCUT2D eigenvalue weighted by Gasteiger charge is 2.64. The topological polar surface area (TPSA) is 238 Å². The number of nitrogens with zero attached hydrogens (tertiary/aromatic N) is 4. The second kappa shape index (κ2) is 28.0. The number of imide groups is 1. The number of nitrogens with one attached hydrogen (secondary N) is 2. The van der Waals surface area contributed by atoms with E-state index in [1.165, 1.54) is 54.4 Å². The van der Waals surface area contributed by atoms with Gasteiger partial charge in [0.15, 0.2) is 0 Å². The minimum absolute atomic E-state index is 0.0209. The Bertz CT molecular complexity index is 2340. The Kier molecular flexibility index (Phi) is 23.4. The maximum atomic E-state index is 14.3. The number of likely N-dealkylation sites (N-methyl/N-ethyl adjacent to an activating group) is 1.